The first kappa shape index (κ1) is 15.9. The molecule has 1 aliphatic heterocycles. The van der Waals surface area contributed by atoms with Crippen LogP contribution in [0.4, 0.5) is 11.4 Å². The molecule has 2 aromatic rings. The van der Waals surface area contributed by atoms with Gasteiger partial charge in [-0.05, 0) is 43.3 Å². The summed E-state index contributed by atoms with van der Waals surface area (Å²) in [6.07, 6.45) is 0. The van der Waals surface area contributed by atoms with Crippen LogP contribution in [0.5, 0.6) is 5.75 Å². The zero-order valence-electron chi connectivity index (χ0n) is 13.0. The Balaban J connectivity index is 1.71. The third-order valence-corrected chi connectivity index (χ3v) is 4.49. The molecule has 0 spiro atoms. The van der Waals surface area contributed by atoms with Crippen molar-refractivity contribution in [3.05, 3.63) is 53.0 Å². The van der Waals surface area contributed by atoms with Gasteiger partial charge in [-0.25, -0.2) is 0 Å². The number of fused-ring (bicyclic) bond motifs is 1. The van der Waals surface area contributed by atoms with Gasteiger partial charge in [-0.3, -0.25) is 4.79 Å². The van der Waals surface area contributed by atoms with Crippen molar-refractivity contribution in [1.82, 2.24) is 0 Å². The SMILES string of the molecule is CCN1CCN(C(=O)COc2ccc(Br)cc2)c2ccccc21. The van der Waals surface area contributed by atoms with E-state index in [1.54, 1.807) is 0 Å². The first-order valence-electron chi connectivity index (χ1n) is 7.71. The van der Waals surface area contributed by atoms with Crippen molar-refractivity contribution in [3.63, 3.8) is 0 Å². The van der Waals surface area contributed by atoms with Crippen LogP contribution in [0, 0.1) is 0 Å². The van der Waals surface area contributed by atoms with Gasteiger partial charge in [0.2, 0.25) is 0 Å². The van der Waals surface area contributed by atoms with Gasteiger partial charge in [0.15, 0.2) is 6.61 Å². The van der Waals surface area contributed by atoms with Gasteiger partial charge in [-0.2, -0.15) is 0 Å². The van der Waals surface area contributed by atoms with E-state index in [1.807, 2.05) is 47.4 Å². The van der Waals surface area contributed by atoms with Gasteiger partial charge < -0.3 is 14.5 Å². The van der Waals surface area contributed by atoms with E-state index in [4.69, 9.17) is 4.74 Å². The van der Waals surface area contributed by atoms with Crippen LogP contribution in [0.15, 0.2) is 53.0 Å². The van der Waals surface area contributed by atoms with Crippen LogP contribution in [-0.4, -0.2) is 32.1 Å². The van der Waals surface area contributed by atoms with E-state index in [0.717, 1.165) is 28.9 Å². The highest BCUT2D eigenvalue weighted by Crippen LogP contribution is 2.32. The topological polar surface area (TPSA) is 32.8 Å². The van der Waals surface area contributed by atoms with Crippen LogP contribution in [-0.2, 0) is 4.79 Å². The maximum atomic E-state index is 12.6. The third-order valence-electron chi connectivity index (χ3n) is 3.97. The van der Waals surface area contributed by atoms with Gasteiger partial charge in [0, 0.05) is 24.1 Å². The zero-order valence-corrected chi connectivity index (χ0v) is 14.6. The number of halogens is 1. The summed E-state index contributed by atoms with van der Waals surface area (Å²) in [5.74, 6) is 0.679. The molecule has 1 heterocycles. The van der Waals surface area contributed by atoms with Gasteiger partial charge in [0.05, 0.1) is 11.4 Å². The molecule has 0 aromatic heterocycles. The average molecular weight is 375 g/mol. The lowest BCUT2D eigenvalue weighted by atomic mass is 10.1. The number of nitrogens with zero attached hydrogens (tertiary/aromatic N) is 2. The number of anilines is 2. The van der Waals surface area contributed by atoms with Gasteiger partial charge >= 0.3 is 0 Å². The number of ether oxygens (including phenoxy) is 1. The molecule has 0 unspecified atom stereocenters. The van der Waals surface area contributed by atoms with Crippen molar-refractivity contribution >= 4 is 33.2 Å². The van der Waals surface area contributed by atoms with E-state index in [2.05, 4.69) is 33.8 Å². The Hall–Kier alpha value is -2.01. The highest BCUT2D eigenvalue weighted by molar-refractivity contribution is 9.10. The summed E-state index contributed by atoms with van der Waals surface area (Å²) in [7, 11) is 0. The van der Waals surface area contributed by atoms with Gasteiger partial charge in [0.1, 0.15) is 5.75 Å². The third kappa shape index (κ3) is 3.50. The Bertz CT molecular complexity index is 688. The molecule has 0 atom stereocenters. The Morgan fingerprint density at radius 1 is 1.09 bits per heavy atom. The van der Waals surface area contributed by atoms with Crippen LogP contribution in [0.1, 0.15) is 6.92 Å². The number of para-hydroxylation sites is 2. The Morgan fingerprint density at radius 2 is 1.78 bits per heavy atom. The number of carbonyl (C=O) groups excluding carboxylic acids is 1. The van der Waals surface area contributed by atoms with Crippen LogP contribution in [0.2, 0.25) is 0 Å². The van der Waals surface area contributed by atoms with Crippen LogP contribution in [0.3, 0.4) is 0 Å². The summed E-state index contributed by atoms with van der Waals surface area (Å²) in [5.41, 5.74) is 2.07. The molecule has 120 valence electrons. The Labute approximate surface area is 144 Å². The molecule has 0 bridgehead atoms. The number of benzene rings is 2. The number of likely N-dealkylation sites (N-methyl/N-ethyl adjacent to an activating group) is 1. The van der Waals surface area contributed by atoms with E-state index in [1.165, 1.54) is 0 Å². The van der Waals surface area contributed by atoms with Crippen LogP contribution < -0.4 is 14.5 Å². The Kier molecular flexibility index (Phi) is 4.86. The summed E-state index contributed by atoms with van der Waals surface area (Å²) < 4.78 is 6.61. The van der Waals surface area contributed by atoms with Crippen molar-refractivity contribution in [1.29, 1.82) is 0 Å². The van der Waals surface area contributed by atoms with E-state index in [0.29, 0.717) is 12.3 Å². The molecule has 5 heteroatoms. The van der Waals surface area contributed by atoms with Crippen molar-refractivity contribution in [3.8, 4) is 5.75 Å². The minimum Gasteiger partial charge on any atom is -0.484 e. The summed E-state index contributed by atoms with van der Waals surface area (Å²) in [5, 5.41) is 0. The lowest BCUT2D eigenvalue weighted by molar-refractivity contribution is -0.120. The first-order valence-corrected chi connectivity index (χ1v) is 8.51. The maximum Gasteiger partial charge on any atom is 0.265 e. The van der Waals surface area contributed by atoms with Crippen molar-refractivity contribution in [2.75, 3.05) is 36.0 Å². The average Bonchev–Trinajstić information content (AvgIpc) is 2.60. The lowest BCUT2D eigenvalue weighted by Gasteiger charge is -2.37. The zero-order chi connectivity index (χ0) is 16.2. The molecule has 0 saturated carbocycles. The van der Waals surface area contributed by atoms with Gasteiger partial charge in [0.25, 0.3) is 5.91 Å². The number of hydrogen-bond acceptors (Lipinski definition) is 3. The largest absolute Gasteiger partial charge is 0.484 e. The van der Waals surface area contributed by atoms with E-state index >= 15 is 0 Å². The molecule has 0 radical (unpaired) electrons. The normalized spacial score (nSPS) is 13.7. The molecular weight excluding hydrogens is 356 g/mol. The second-order valence-electron chi connectivity index (χ2n) is 5.36. The van der Waals surface area contributed by atoms with Gasteiger partial charge in [-0.1, -0.05) is 28.1 Å². The summed E-state index contributed by atoms with van der Waals surface area (Å²) in [6.45, 7) is 4.65. The number of hydrogen-bond donors (Lipinski definition) is 0. The molecule has 0 fully saturated rings. The molecule has 1 amide bonds. The predicted octanol–water partition coefficient (Wildman–Crippen LogP) is 3.70. The standard InChI is InChI=1S/C18H19BrN2O2/c1-2-20-11-12-21(17-6-4-3-5-16(17)20)18(22)13-23-15-9-7-14(19)8-10-15/h3-10H,2,11-13H2,1H3. The van der Waals surface area contributed by atoms with Gasteiger partial charge in [-0.15, -0.1) is 0 Å². The highest BCUT2D eigenvalue weighted by atomic mass is 79.9. The minimum atomic E-state index is -0.0175. The molecule has 23 heavy (non-hydrogen) atoms. The predicted molar refractivity (Wildman–Crippen MR) is 96.3 cm³/mol. The molecule has 1 aliphatic rings. The van der Waals surface area contributed by atoms with E-state index in [9.17, 15) is 4.79 Å². The van der Waals surface area contributed by atoms with E-state index in [-0.39, 0.29) is 12.5 Å². The quantitative estimate of drug-likeness (QED) is 0.817. The number of carbonyl (C=O) groups is 1. The number of rotatable bonds is 4. The molecule has 0 aliphatic carbocycles. The maximum absolute atomic E-state index is 12.6. The monoisotopic (exact) mass is 374 g/mol. The van der Waals surface area contributed by atoms with Crippen LogP contribution in [0.25, 0.3) is 0 Å². The molecule has 0 N–H and O–H groups in total. The van der Waals surface area contributed by atoms with E-state index < -0.39 is 0 Å². The molecular formula is C18H19BrN2O2. The second kappa shape index (κ2) is 7.04. The minimum absolute atomic E-state index is 0.0175. The fraction of sp³-hybridized carbons (Fsp3) is 0.278. The smallest absolute Gasteiger partial charge is 0.265 e. The molecule has 0 saturated heterocycles. The first-order chi connectivity index (χ1) is 11.2. The van der Waals surface area contributed by atoms with Crippen molar-refractivity contribution < 1.29 is 9.53 Å². The second-order valence-corrected chi connectivity index (χ2v) is 6.27. The van der Waals surface area contributed by atoms with Crippen LogP contribution >= 0.6 is 15.9 Å². The van der Waals surface area contributed by atoms with Crippen molar-refractivity contribution in [2.24, 2.45) is 0 Å². The molecule has 2 aromatic carbocycles. The number of amides is 1. The summed E-state index contributed by atoms with van der Waals surface area (Å²) in [6, 6.07) is 15.5. The Morgan fingerprint density at radius 3 is 2.48 bits per heavy atom. The fourth-order valence-corrected chi connectivity index (χ4v) is 3.03. The summed E-state index contributed by atoms with van der Waals surface area (Å²) in [4.78, 5) is 16.7. The molecule has 4 nitrogen and oxygen atoms in total. The lowest BCUT2D eigenvalue weighted by Crippen LogP contribution is -2.45. The van der Waals surface area contributed by atoms with Crippen molar-refractivity contribution in [2.45, 2.75) is 6.92 Å². The fourth-order valence-electron chi connectivity index (χ4n) is 2.76. The summed E-state index contributed by atoms with van der Waals surface area (Å²) >= 11 is 3.38. The highest BCUT2D eigenvalue weighted by Gasteiger charge is 2.25. The molecule has 3 rings (SSSR count).